The van der Waals surface area contributed by atoms with Crippen LogP contribution in [0, 0.1) is 12.7 Å². The van der Waals surface area contributed by atoms with Crippen molar-refractivity contribution in [2.75, 3.05) is 44.8 Å². The van der Waals surface area contributed by atoms with Gasteiger partial charge in [-0.05, 0) is 52.6 Å². The number of anilines is 1. The van der Waals surface area contributed by atoms with Gasteiger partial charge in [0.15, 0.2) is 5.82 Å². The average molecular weight is 478 g/mol. The predicted molar refractivity (Wildman–Crippen MR) is 131 cm³/mol. The number of pyridine rings is 1. The number of tetrazole rings is 1. The molecule has 0 bridgehead atoms. The van der Waals surface area contributed by atoms with Gasteiger partial charge in [0.25, 0.3) is 5.56 Å². The van der Waals surface area contributed by atoms with Crippen molar-refractivity contribution in [1.29, 1.82) is 0 Å². The molecule has 0 aliphatic carbocycles. The Kier molecular flexibility index (Phi) is 6.56. The van der Waals surface area contributed by atoms with E-state index >= 15 is 0 Å². The molecular weight excluding hydrogens is 449 g/mol. The van der Waals surface area contributed by atoms with Crippen molar-refractivity contribution in [2.45, 2.75) is 19.5 Å². The van der Waals surface area contributed by atoms with Gasteiger partial charge in [-0.3, -0.25) is 9.69 Å². The molecule has 1 fully saturated rings. The van der Waals surface area contributed by atoms with E-state index < -0.39 is 6.04 Å². The molecule has 4 aromatic rings. The number of halogens is 1. The highest BCUT2D eigenvalue weighted by Crippen LogP contribution is 2.29. The highest BCUT2D eigenvalue weighted by molar-refractivity contribution is 5.79. The zero-order valence-electron chi connectivity index (χ0n) is 19.8. The molecule has 9 nitrogen and oxygen atoms in total. The summed E-state index contributed by atoms with van der Waals surface area (Å²) in [5, 5.41) is 13.3. The summed E-state index contributed by atoms with van der Waals surface area (Å²) in [6, 6.07) is 14.3. The highest BCUT2D eigenvalue weighted by atomic mass is 19.1. The van der Waals surface area contributed by atoms with E-state index in [4.69, 9.17) is 4.74 Å². The van der Waals surface area contributed by atoms with Crippen LogP contribution in [0.25, 0.3) is 10.9 Å². The topological polar surface area (TPSA) is 92.2 Å². The Morgan fingerprint density at radius 1 is 1.11 bits per heavy atom. The molecule has 35 heavy (non-hydrogen) atoms. The van der Waals surface area contributed by atoms with E-state index in [0.29, 0.717) is 56.4 Å². The largest absolute Gasteiger partial charge is 0.383 e. The van der Waals surface area contributed by atoms with Crippen LogP contribution < -0.4 is 10.5 Å². The molecule has 1 unspecified atom stereocenters. The number of aromatic amines is 1. The Balaban J connectivity index is 1.52. The number of ether oxygens (including phenoxy) is 1. The predicted octanol–water partition coefficient (Wildman–Crippen LogP) is 2.52. The van der Waals surface area contributed by atoms with Crippen molar-refractivity contribution in [3.8, 4) is 0 Å². The number of rotatable bonds is 7. The monoisotopic (exact) mass is 477 g/mol. The molecule has 2 aromatic carbocycles. The third-order valence-electron chi connectivity index (χ3n) is 6.51. The molecular formula is C25H28FN7O2. The first kappa shape index (κ1) is 23.1. The minimum atomic E-state index is -0.459. The third kappa shape index (κ3) is 4.67. The Bertz CT molecular complexity index is 1380. The first-order chi connectivity index (χ1) is 17.0. The van der Waals surface area contributed by atoms with Gasteiger partial charge in [0.1, 0.15) is 11.9 Å². The molecule has 1 aliphatic rings. The number of aromatic nitrogens is 5. The molecule has 5 rings (SSSR count). The van der Waals surface area contributed by atoms with Crippen molar-refractivity contribution < 1.29 is 9.13 Å². The summed E-state index contributed by atoms with van der Waals surface area (Å²) in [7, 11) is 1.62. The molecule has 2 aromatic heterocycles. The number of piperazine rings is 1. The third-order valence-corrected chi connectivity index (χ3v) is 6.51. The van der Waals surface area contributed by atoms with Gasteiger partial charge >= 0.3 is 0 Å². The number of fused-ring (bicyclic) bond motifs is 1. The number of aryl methyl sites for hydroxylation is 1. The van der Waals surface area contributed by atoms with Gasteiger partial charge in [0, 0.05) is 44.4 Å². The van der Waals surface area contributed by atoms with E-state index in [2.05, 4.69) is 25.4 Å². The van der Waals surface area contributed by atoms with E-state index in [9.17, 15) is 9.18 Å². The number of H-pyrrole nitrogens is 1. The summed E-state index contributed by atoms with van der Waals surface area (Å²) in [5.74, 6) is 0.348. The van der Waals surface area contributed by atoms with Gasteiger partial charge in [-0.2, -0.15) is 0 Å². The van der Waals surface area contributed by atoms with Crippen molar-refractivity contribution in [3.63, 3.8) is 0 Å². The van der Waals surface area contributed by atoms with Crippen LogP contribution in [0.4, 0.5) is 10.1 Å². The fourth-order valence-electron chi connectivity index (χ4n) is 4.71. The lowest BCUT2D eigenvalue weighted by Gasteiger charge is -2.39. The maximum Gasteiger partial charge on any atom is 0.253 e. The second-order valence-electron chi connectivity index (χ2n) is 8.77. The second-order valence-corrected chi connectivity index (χ2v) is 8.77. The van der Waals surface area contributed by atoms with Crippen LogP contribution in [-0.4, -0.2) is 70.0 Å². The molecule has 0 radical (unpaired) electrons. The van der Waals surface area contributed by atoms with Crippen LogP contribution in [0.2, 0.25) is 0 Å². The van der Waals surface area contributed by atoms with Crippen LogP contribution >= 0.6 is 0 Å². The number of methoxy groups -OCH3 is 1. The Labute approximate surface area is 202 Å². The Morgan fingerprint density at radius 2 is 1.91 bits per heavy atom. The number of nitrogens with one attached hydrogen (secondary N) is 1. The molecule has 182 valence electrons. The maximum atomic E-state index is 14.4. The molecule has 1 atom stereocenters. The van der Waals surface area contributed by atoms with Crippen molar-refractivity contribution in [3.05, 3.63) is 81.7 Å². The maximum absolute atomic E-state index is 14.4. The van der Waals surface area contributed by atoms with Crippen molar-refractivity contribution in [2.24, 2.45) is 0 Å². The minimum absolute atomic E-state index is 0.175. The molecule has 1 saturated heterocycles. The summed E-state index contributed by atoms with van der Waals surface area (Å²) >= 11 is 0. The number of benzene rings is 2. The Hall–Kier alpha value is -3.63. The average Bonchev–Trinajstić information content (AvgIpc) is 3.32. The van der Waals surface area contributed by atoms with Gasteiger partial charge in [-0.25, -0.2) is 9.07 Å². The molecule has 10 heteroatoms. The van der Waals surface area contributed by atoms with Gasteiger partial charge in [-0.1, -0.05) is 24.3 Å². The minimum Gasteiger partial charge on any atom is -0.383 e. The van der Waals surface area contributed by atoms with Gasteiger partial charge in [0.05, 0.1) is 18.8 Å². The van der Waals surface area contributed by atoms with Crippen molar-refractivity contribution in [1.82, 2.24) is 30.1 Å². The van der Waals surface area contributed by atoms with Crippen LogP contribution in [-0.2, 0) is 11.3 Å². The van der Waals surface area contributed by atoms with Gasteiger partial charge < -0.3 is 14.6 Å². The lowest BCUT2D eigenvalue weighted by molar-refractivity contribution is 0.171. The first-order valence-corrected chi connectivity index (χ1v) is 11.7. The molecule has 0 saturated carbocycles. The van der Waals surface area contributed by atoms with Crippen LogP contribution in [0.1, 0.15) is 23.0 Å². The van der Waals surface area contributed by atoms with Gasteiger partial charge in [0.2, 0.25) is 0 Å². The summed E-state index contributed by atoms with van der Waals surface area (Å²) in [6.45, 7) is 5.36. The fraction of sp³-hybridized carbons (Fsp3) is 0.360. The summed E-state index contributed by atoms with van der Waals surface area (Å²) in [5.41, 5.74) is 2.86. The molecule has 1 N–H and O–H groups in total. The molecule has 0 spiro atoms. The second kappa shape index (κ2) is 9.93. The van der Waals surface area contributed by atoms with Crippen LogP contribution in [0.5, 0.6) is 0 Å². The van der Waals surface area contributed by atoms with Crippen molar-refractivity contribution >= 4 is 16.6 Å². The van der Waals surface area contributed by atoms with E-state index in [0.717, 1.165) is 16.5 Å². The quantitative estimate of drug-likeness (QED) is 0.437. The summed E-state index contributed by atoms with van der Waals surface area (Å²) in [6.07, 6.45) is 0. The van der Waals surface area contributed by atoms with E-state index in [1.165, 1.54) is 6.07 Å². The van der Waals surface area contributed by atoms with E-state index in [-0.39, 0.29) is 11.4 Å². The fourth-order valence-corrected chi connectivity index (χ4v) is 4.71. The lowest BCUT2D eigenvalue weighted by Crippen LogP contribution is -2.49. The zero-order valence-corrected chi connectivity index (χ0v) is 19.8. The Morgan fingerprint density at radius 3 is 2.69 bits per heavy atom. The van der Waals surface area contributed by atoms with Crippen LogP contribution in [0.15, 0.2) is 53.3 Å². The first-order valence-electron chi connectivity index (χ1n) is 11.7. The van der Waals surface area contributed by atoms with Crippen LogP contribution in [0.3, 0.4) is 0 Å². The number of hydrogen-bond donors (Lipinski definition) is 1. The molecule has 1 aliphatic heterocycles. The van der Waals surface area contributed by atoms with Gasteiger partial charge in [-0.15, -0.1) is 5.10 Å². The number of hydrogen-bond acceptors (Lipinski definition) is 7. The number of para-hydroxylation sites is 1. The molecule has 3 heterocycles. The van der Waals surface area contributed by atoms with E-state index in [1.54, 1.807) is 23.9 Å². The number of nitrogens with zero attached hydrogens (tertiary/aromatic N) is 6. The summed E-state index contributed by atoms with van der Waals surface area (Å²) in [4.78, 5) is 20.6. The smallest absolute Gasteiger partial charge is 0.253 e. The lowest BCUT2D eigenvalue weighted by atomic mass is 10.0. The standard InChI is InChI=1S/C25H28FN7O2/c1-17-7-8-18-16-19(25(34)27-21(18)15-17)23(24-28-29-30-33(24)13-14-35-2)32-11-9-31(10-12-32)22-6-4-3-5-20(22)26/h3-8,15-16,23H,9-14H2,1-2H3,(H,27,34). The summed E-state index contributed by atoms with van der Waals surface area (Å²) < 4.78 is 21.3. The SMILES string of the molecule is COCCn1nnnc1C(c1cc2ccc(C)cc2[nH]c1=O)N1CCN(c2ccccc2F)CC1. The molecule has 0 amide bonds. The highest BCUT2D eigenvalue weighted by Gasteiger charge is 2.33. The van der Waals surface area contributed by atoms with E-state index in [1.807, 2.05) is 42.2 Å². The zero-order chi connectivity index (χ0) is 24.4. The normalized spacial score (nSPS) is 15.6.